The number of nitrogen functional groups attached to an aromatic ring is 1. The molecule has 0 atom stereocenters. The van der Waals surface area contributed by atoms with Gasteiger partial charge in [0.2, 0.25) is 5.16 Å². The first-order valence-electron chi connectivity index (χ1n) is 6.21. The highest BCUT2D eigenvalue weighted by Crippen LogP contribution is 2.28. The Morgan fingerprint density at radius 1 is 0.905 bits per heavy atom. The molecule has 0 amide bonds. The lowest BCUT2D eigenvalue weighted by atomic mass is 10.3. The Morgan fingerprint density at radius 3 is 2.67 bits per heavy atom. The molecule has 0 aliphatic carbocycles. The van der Waals surface area contributed by atoms with Crippen LogP contribution in [-0.2, 0) is 0 Å². The molecule has 4 aromatic rings. The minimum Gasteiger partial charge on any atom is -0.431 e. The van der Waals surface area contributed by atoms with Gasteiger partial charge in [0.05, 0.1) is 5.52 Å². The Morgan fingerprint density at radius 2 is 1.76 bits per heavy atom. The second kappa shape index (κ2) is 4.71. The summed E-state index contributed by atoms with van der Waals surface area (Å²) in [6, 6.07) is 12.9. The van der Waals surface area contributed by atoms with Gasteiger partial charge in [0.15, 0.2) is 5.58 Å². The molecule has 0 aliphatic rings. The quantitative estimate of drug-likeness (QED) is 0.568. The molecule has 2 aromatic heterocycles. The van der Waals surface area contributed by atoms with E-state index in [-0.39, 0.29) is 0 Å². The summed E-state index contributed by atoms with van der Waals surface area (Å²) in [7, 11) is 0. The SMILES string of the molecule is Nc1ccc2oc(Sc3nnc4ccccc4n3)nc2c1. The lowest BCUT2D eigenvalue weighted by Crippen LogP contribution is -1.91. The molecule has 2 aromatic carbocycles. The van der Waals surface area contributed by atoms with Gasteiger partial charge in [-0.2, -0.15) is 0 Å². The Balaban J connectivity index is 1.71. The molecule has 102 valence electrons. The standard InChI is InChI=1S/C14H9N5OS/c15-8-5-6-12-11(7-8)17-14(20-12)21-13-16-9-3-1-2-4-10(9)18-19-13/h1-7H,15H2. The lowest BCUT2D eigenvalue weighted by molar-refractivity contribution is 0.488. The van der Waals surface area contributed by atoms with Crippen molar-refractivity contribution in [1.29, 1.82) is 0 Å². The highest BCUT2D eigenvalue weighted by molar-refractivity contribution is 7.98. The zero-order chi connectivity index (χ0) is 14.2. The van der Waals surface area contributed by atoms with Crippen LogP contribution in [0.25, 0.3) is 22.1 Å². The summed E-state index contributed by atoms with van der Waals surface area (Å²) in [5.74, 6) is 0. The van der Waals surface area contributed by atoms with Gasteiger partial charge in [0.1, 0.15) is 11.0 Å². The number of oxazole rings is 1. The molecule has 0 bridgehead atoms. The molecule has 6 nitrogen and oxygen atoms in total. The number of para-hydroxylation sites is 1. The number of hydrogen-bond acceptors (Lipinski definition) is 7. The van der Waals surface area contributed by atoms with Gasteiger partial charge < -0.3 is 10.2 Å². The third-order valence-corrected chi connectivity index (χ3v) is 3.62. The number of rotatable bonds is 2. The highest BCUT2D eigenvalue weighted by Gasteiger charge is 2.10. The fourth-order valence-corrected chi connectivity index (χ4v) is 2.61. The molecule has 21 heavy (non-hydrogen) atoms. The van der Waals surface area contributed by atoms with Gasteiger partial charge in [-0.3, -0.25) is 0 Å². The van der Waals surface area contributed by atoms with E-state index in [1.807, 2.05) is 24.3 Å². The number of hydrogen-bond donors (Lipinski definition) is 1. The smallest absolute Gasteiger partial charge is 0.264 e. The molecule has 0 saturated carbocycles. The highest BCUT2D eigenvalue weighted by atomic mass is 32.2. The van der Waals surface area contributed by atoms with Crippen molar-refractivity contribution in [1.82, 2.24) is 20.2 Å². The van der Waals surface area contributed by atoms with Gasteiger partial charge in [-0.15, -0.1) is 10.2 Å². The average Bonchev–Trinajstić information content (AvgIpc) is 2.88. The van der Waals surface area contributed by atoms with Crippen LogP contribution in [0.4, 0.5) is 5.69 Å². The maximum Gasteiger partial charge on any atom is 0.264 e. The first-order chi connectivity index (χ1) is 10.3. The van der Waals surface area contributed by atoms with E-state index in [4.69, 9.17) is 10.2 Å². The van der Waals surface area contributed by atoms with Crippen LogP contribution in [0.1, 0.15) is 0 Å². The molecular weight excluding hydrogens is 286 g/mol. The lowest BCUT2D eigenvalue weighted by Gasteiger charge is -1.97. The maximum absolute atomic E-state index is 5.72. The van der Waals surface area contributed by atoms with Crippen LogP contribution in [0, 0.1) is 0 Å². The first-order valence-corrected chi connectivity index (χ1v) is 7.03. The molecule has 0 saturated heterocycles. The van der Waals surface area contributed by atoms with Crippen molar-refractivity contribution < 1.29 is 4.42 Å². The van der Waals surface area contributed by atoms with Gasteiger partial charge in [-0.25, -0.2) is 9.97 Å². The van der Waals surface area contributed by atoms with Crippen LogP contribution in [0.3, 0.4) is 0 Å². The number of nitrogens with zero attached hydrogens (tertiary/aromatic N) is 4. The van der Waals surface area contributed by atoms with Crippen LogP contribution in [0.2, 0.25) is 0 Å². The van der Waals surface area contributed by atoms with E-state index in [0.29, 0.717) is 27.2 Å². The van der Waals surface area contributed by atoms with Gasteiger partial charge in [-0.1, -0.05) is 12.1 Å². The molecule has 0 spiro atoms. The van der Waals surface area contributed by atoms with Crippen molar-refractivity contribution in [3.8, 4) is 0 Å². The Labute approximate surface area is 123 Å². The number of anilines is 1. The Bertz CT molecular complexity index is 952. The summed E-state index contributed by atoms with van der Waals surface area (Å²) in [6.07, 6.45) is 0. The molecule has 0 fully saturated rings. The van der Waals surface area contributed by atoms with Gasteiger partial charge in [0.25, 0.3) is 5.22 Å². The summed E-state index contributed by atoms with van der Waals surface area (Å²) < 4.78 is 5.63. The zero-order valence-electron chi connectivity index (χ0n) is 10.7. The third kappa shape index (κ3) is 2.27. The van der Waals surface area contributed by atoms with E-state index in [1.165, 1.54) is 11.8 Å². The van der Waals surface area contributed by atoms with E-state index in [9.17, 15) is 0 Å². The van der Waals surface area contributed by atoms with E-state index >= 15 is 0 Å². The summed E-state index contributed by atoms with van der Waals surface area (Å²) in [5, 5.41) is 9.15. The first kappa shape index (κ1) is 12.1. The van der Waals surface area contributed by atoms with Crippen molar-refractivity contribution >= 4 is 39.6 Å². The van der Waals surface area contributed by atoms with Gasteiger partial charge >= 0.3 is 0 Å². The van der Waals surface area contributed by atoms with Crippen LogP contribution in [-0.4, -0.2) is 20.2 Å². The minimum atomic E-state index is 0.465. The third-order valence-electron chi connectivity index (χ3n) is 2.91. The zero-order valence-corrected chi connectivity index (χ0v) is 11.5. The second-order valence-electron chi connectivity index (χ2n) is 4.39. The van der Waals surface area contributed by atoms with E-state index < -0.39 is 0 Å². The van der Waals surface area contributed by atoms with Crippen molar-refractivity contribution in [3.05, 3.63) is 42.5 Å². The number of aromatic nitrogens is 4. The molecule has 2 heterocycles. The van der Waals surface area contributed by atoms with Crippen LogP contribution >= 0.6 is 11.8 Å². The van der Waals surface area contributed by atoms with Gasteiger partial charge in [0, 0.05) is 17.4 Å². The van der Waals surface area contributed by atoms with Crippen LogP contribution in [0.5, 0.6) is 0 Å². The van der Waals surface area contributed by atoms with Crippen molar-refractivity contribution in [2.75, 3.05) is 5.73 Å². The predicted octanol–water partition coefficient (Wildman–Crippen LogP) is 2.90. The number of fused-ring (bicyclic) bond motifs is 2. The van der Waals surface area contributed by atoms with E-state index in [2.05, 4.69) is 20.2 Å². The number of nitrogens with two attached hydrogens (primary N) is 1. The largest absolute Gasteiger partial charge is 0.431 e. The molecule has 0 radical (unpaired) electrons. The normalized spacial score (nSPS) is 11.2. The summed E-state index contributed by atoms with van der Waals surface area (Å²) in [4.78, 5) is 8.78. The summed E-state index contributed by atoms with van der Waals surface area (Å²) in [6.45, 7) is 0. The fourth-order valence-electron chi connectivity index (χ4n) is 1.95. The summed E-state index contributed by atoms with van der Waals surface area (Å²) >= 11 is 1.23. The predicted molar refractivity (Wildman–Crippen MR) is 79.9 cm³/mol. The molecule has 2 N–H and O–H groups in total. The fraction of sp³-hybridized carbons (Fsp3) is 0. The van der Waals surface area contributed by atoms with E-state index in [1.54, 1.807) is 18.2 Å². The summed E-state index contributed by atoms with van der Waals surface area (Å²) in [5.41, 5.74) is 9.31. The topological polar surface area (TPSA) is 90.7 Å². The Kier molecular flexibility index (Phi) is 2.71. The van der Waals surface area contributed by atoms with Crippen molar-refractivity contribution in [3.63, 3.8) is 0 Å². The molecule has 0 aliphatic heterocycles. The average molecular weight is 295 g/mol. The van der Waals surface area contributed by atoms with Crippen LogP contribution in [0.15, 0.2) is 57.3 Å². The van der Waals surface area contributed by atoms with Crippen LogP contribution < -0.4 is 5.73 Å². The van der Waals surface area contributed by atoms with E-state index in [0.717, 1.165) is 11.0 Å². The van der Waals surface area contributed by atoms with Crippen molar-refractivity contribution in [2.45, 2.75) is 10.4 Å². The molecule has 0 unspecified atom stereocenters. The minimum absolute atomic E-state index is 0.465. The second-order valence-corrected chi connectivity index (χ2v) is 5.31. The Hall–Kier alpha value is -2.67. The van der Waals surface area contributed by atoms with Gasteiger partial charge in [-0.05, 0) is 30.3 Å². The maximum atomic E-state index is 5.72. The monoisotopic (exact) mass is 295 g/mol. The molecular formula is C14H9N5OS. The molecule has 7 heteroatoms. The number of benzene rings is 2. The van der Waals surface area contributed by atoms with Crippen molar-refractivity contribution in [2.24, 2.45) is 0 Å². The molecule has 4 rings (SSSR count).